The molecule has 0 saturated heterocycles. The molecule has 8 heteroatoms. The molecule has 6 nitrogen and oxygen atoms in total. The minimum Gasteiger partial charge on any atom is -0.508 e. The lowest BCUT2D eigenvalue weighted by Gasteiger charge is -2.04. The average Bonchev–Trinajstić information content (AvgIpc) is 2.92. The highest BCUT2D eigenvalue weighted by molar-refractivity contribution is 8.00. The van der Waals surface area contributed by atoms with Gasteiger partial charge in [0, 0.05) is 30.3 Å². The molecule has 2 N–H and O–H groups in total. The Balaban J connectivity index is 1.91. The first-order chi connectivity index (χ1) is 10.2. The van der Waals surface area contributed by atoms with E-state index in [4.69, 9.17) is 4.42 Å². The van der Waals surface area contributed by atoms with Gasteiger partial charge >= 0.3 is 5.63 Å². The Morgan fingerprint density at radius 2 is 2.24 bits per heavy atom. The molecular formula is C13H11N3O3S2. The van der Waals surface area contributed by atoms with Gasteiger partial charge in [0.2, 0.25) is 5.13 Å². The van der Waals surface area contributed by atoms with E-state index in [0.29, 0.717) is 11.3 Å². The Morgan fingerprint density at radius 3 is 3.00 bits per heavy atom. The van der Waals surface area contributed by atoms with Gasteiger partial charge in [-0.2, -0.15) is 0 Å². The van der Waals surface area contributed by atoms with Crippen LogP contribution in [0.4, 0.5) is 5.13 Å². The van der Waals surface area contributed by atoms with Crippen LogP contribution in [0.15, 0.2) is 37.8 Å². The van der Waals surface area contributed by atoms with E-state index >= 15 is 0 Å². The van der Waals surface area contributed by atoms with Crippen LogP contribution in [-0.4, -0.2) is 22.4 Å². The lowest BCUT2D eigenvalue weighted by molar-refractivity contribution is 0.473. The van der Waals surface area contributed by atoms with E-state index in [-0.39, 0.29) is 5.75 Å². The number of rotatable bonds is 4. The second-order valence-corrected chi connectivity index (χ2v) is 6.38. The highest BCUT2D eigenvalue weighted by Gasteiger charge is 2.09. The fourth-order valence-electron chi connectivity index (χ4n) is 1.85. The van der Waals surface area contributed by atoms with Crippen molar-refractivity contribution < 1.29 is 9.52 Å². The number of thioether (sulfide) groups is 1. The molecule has 0 saturated carbocycles. The average molecular weight is 321 g/mol. The summed E-state index contributed by atoms with van der Waals surface area (Å²) >= 11 is 2.95. The molecule has 0 atom stereocenters. The molecule has 0 fully saturated rings. The number of fused-ring (bicyclic) bond motifs is 1. The van der Waals surface area contributed by atoms with Crippen molar-refractivity contribution in [1.82, 2.24) is 10.2 Å². The Morgan fingerprint density at radius 1 is 1.38 bits per heavy atom. The monoisotopic (exact) mass is 321 g/mol. The van der Waals surface area contributed by atoms with Crippen molar-refractivity contribution in [3.8, 4) is 5.75 Å². The predicted octanol–water partition coefficient (Wildman–Crippen LogP) is 2.68. The molecule has 0 spiro atoms. The van der Waals surface area contributed by atoms with Gasteiger partial charge in [0.15, 0.2) is 4.34 Å². The molecule has 0 aliphatic heterocycles. The maximum atomic E-state index is 11.6. The van der Waals surface area contributed by atoms with Gasteiger partial charge in [-0.25, -0.2) is 4.79 Å². The first-order valence-electron chi connectivity index (χ1n) is 6.05. The molecule has 0 aliphatic carbocycles. The van der Waals surface area contributed by atoms with Crippen molar-refractivity contribution in [3.63, 3.8) is 0 Å². The van der Waals surface area contributed by atoms with Gasteiger partial charge in [0.1, 0.15) is 11.3 Å². The van der Waals surface area contributed by atoms with Gasteiger partial charge in [-0.15, -0.1) is 10.2 Å². The molecule has 0 amide bonds. The van der Waals surface area contributed by atoms with Crippen molar-refractivity contribution in [2.24, 2.45) is 0 Å². The smallest absolute Gasteiger partial charge is 0.336 e. The van der Waals surface area contributed by atoms with Crippen LogP contribution in [-0.2, 0) is 5.75 Å². The van der Waals surface area contributed by atoms with E-state index in [1.54, 1.807) is 19.2 Å². The number of hydrogen-bond donors (Lipinski definition) is 2. The number of phenols is 1. The van der Waals surface area contributed by atoms with Gasteiger partial charge < -0.3 is 14.8 Å². The van der Waals surface area contributed by atoms with Crippen molar-refractivity contribution in [2.75, 3.05) is 12.4 Å². The number of nitrogens with one attached hydrogen (secondary N) is 1. The third kappa shape index (κ3) is 3.01. The zero-order chi connectivity index (χ0) is 14.8. The highest BCUT2D eigenvalue weighted by atomic mass is 32.2. The van der Waals surface area contributed by atoms with E-state index in [0.717, 1.165) is 20.4 Å². The summed E-state index contributed by atoms with van der Waals surface area (Å²) in [7, 11) is 1.79. The van der Waals surface area contributed by atoms with Crippen LogP contribution in [0.5, 0.6) is 5.75 Å². The molecule has 1 aromatic carbocycles. The zero-order valence-corrected chi connectivity index (χ0v) is 12.6. The first-order valence-corrected chi connectivity index (χ1v) is 7.86. The Kier molecular flexibility index (Phi) is 3.80. The summed E-state index contributed by atoms with van der Waals surface area (Å²) in [6, 6.07) is 6.21. The molecule has 108 valence electrons. The largest absolute Gasteiger partial charge is 0.508 e. The molecule has 3 rings (SSSR count). The summed E-state index contributed by atoms with van der Waals surface area (Å²) < 4.78 is 5.92. The number of hydrogen-bond acceptors (Lipinski definition) is 8. The summed E-state index contributed by atoms with van der Waals surface area (Å²) in [4.78, 5) is 11.6. The van der Waals surface area contributed by atoms with Crippen LogP contribution < -0.4 is 10.9 Å². The SMILES string of the molecule is CNc1nnc(SCc2cc(=O)oc3cc(O)ccc23)s1. The maximum absolute atomic E-state index is 11.6. The summed E-state index contributed by atoms with van der Waals surface area (Å²) in [5.41, 5.74) is 0.788. The number of aromatic nitrogens is 2. The van der Waals surface area contributed by atoms with Crippen molar-refractivity contribution in [1.29, 1.82) is 0 Å². The molecular weight excluding hydrogens is 310 g/mol. The fraction of sp³-hybridized carbons (Fsp3) is 0.154. The number of aromatic hydroxyl groups is 1. The van der Waals surface area contributed by atoms with Crippen molar-refractivity contribution >= 4 is 39.2 Å². The molecule has 2 aromatic heterocycles. The van der Waals surface area contributed by atoms with Gasteiger partial charge in [-0.05, 0) is 17.7 Å². The first kappa shape index (κ1) is 13.9. The number of phenolic OH excluding ortho intramolecular Hbond substituents is 1. The van der Waals surface area contributed by atoms with E-state index < -0.39 is 5.63 Å². The zero-order valence-electron chi connectivity index (χ0n) is 11.0. The number of nitrogens with zero attached hydrogens (tertiary/aromatic N) is 2. The molecule has 21 heavy (non-hydrogen) atoms. The third-order valence-corrected chi connectivity index (χ3v) is 4.91. The van der Waals surface area contributed by atoms with Crippen molar-refractivity contribution in [3.05, 3.63) is 40.2 Å². The Labute approximate surface area is 127 Å². The highest BCUT2D eigenvalue weighted by Crippen LogP contribution is 2.30. The molecule has 0 aliphatic rings. The second kappa shape index (κ2) is 5.74. The van der Waals surface area contributed by atoms with Crippen LogP contribution in [0.2, 0.25) is 0 Å². The van der Waals surface area contributed by atoms with E-state index in [9.17, 15) is 9.90 Å². The summed E-state index contributed by atoms with van der Waals surface area (Å²) in [6.45, 7) is 0. The minimum atomic E-state index is -0.433. The molecule has 2 heterocycles. The minimum absolute atomic E-state index is 0.0678. The lowest BCUT2D eigenvalue weighted by atomic mass is 10.1. The van der Waals surface area contributed by atoms with E-state index in [1.165, 1.54) is 35.2 Å². The molecule has 0 bridgehead atoms. The van der Waals surface area contributed by atoms with Crippen LogP contribution in [0.25, 0.3) is 11.0 Å². The van der Waals surface area contributed by atoms with Gasteiger partial charge in [0.25, 0.3) is 0 Å². The molecule has 3 aromatic rings. The van der Waals surface area contributed by atoms with E-state index in [2.05, 4.69) is 15.5 Å². The standard InChI is InChI=1S/C13H11N3O3S2/c1-14-12-15-16-13(21-12)20-6-7-4-11(18)19-10-5-8(17)2-3-9(7)10/h2-5,17H,6H2,1H3,(H,14,15). The topological polar surface area (TPSA) is 88.3 Å². The molecule has 0 radical (unpaired) electrons. The van der Waals surface area contributed by atoms with Crippen LogP contribution in [0.1, 0.15) is 5.56 Å². The quantitative estimate of drug-likeness (QED) is 0.564. The lowest BCUT2D eigenvalue weighted by Crippen LogP contribution is -1.99. The predicted molar refractivity (Wildman–Crippen MR) is 83.2 cm³/mol. The summed E-state index contributed by atoms with van der Waals surface area (Å²) in [5, 5.41) is 21.9. The number of benzene rings is 1. The maximum Gasteiger partial charge on any atom is 0.336 e. The van der Waals surface area contributed by atoms with Crippen LogP contribution in [0, 0.1) is 0 Å². The Hall–Kier alpha value is -2.06. The third-order valence-electron chi connectivity index (χ3n) is 2.79. The fourth-order valence-corrected chi connectivity index (χ4v) is 3.54. The molecule has 0 unspecified atom stereocenters. The van der Waals surface area contributed by atoms with Crippen LogP contribution >= 0.6 is 23.1 Å². The summed E-state index contributed by atoms with van der Waals surface area (Å²) in [5.74, 6) is 0.642. The van der Waals surface area contributed by atoms with Crippen LogP contribution in [0.3, 0.4) is 0 Å². The van der Waals surface area contributed by atoms with Gasteiger partial charge in [-0.1, -0.05) is 23.1 Å². The Bertz CT molecular complexity index is 844. The van der Waals surface area contributed by atoms with Gasteiger partial charge in [-0.3, -0.25) is 0 Å². The summed E-state index contributed by atoms with van der Waals surface area (Å²) in [6.07, 6.45) is 0. The van der Waals surface area contributed by atoms with E-state index in [1.807, 2.05) is 0 Å². The number of anilines is 1. The second-order valence-electron chi connectivity index (χ2n) is 4.18. The van der Waals surface area contributed by atoms with Gasteiger partial charge in [0.05, 0.1) is 0 Å². The normalized spacial score (nSPS) is 10.9. The van der Waals surface area contributed by atoms with Crippen molar-refractivity contribution in [2.45, 2.75) is 10.1 Å².